The number of nitrogens with one attached hydrogen (secondary N) is 1. The topological polar surface area (TPSA) is 21.3 Å². The van der Waals surface area contributed by atoms with E-state index in [9.17, 15) is 4.39 Å². The highest BCUT2D eigenvalue weighted by atomic mass is 79.9. The molecule has 1 aliphatic heterocycles. The molecule has 0 bridgehead atoms. The van der Waals surface area contributed by atoms with Crippen LogP contribution in [0.3, 0.4) is 0 Å². The van der Waals surface area contributed by atoms with Crippen molar-refractivity contribution in [3.63, 3.8) is 0 Å². The molecule has 1 N–H and O–H groups in total. The van der Waals surface area contributed by atoms with Gasteiger partial charge in [0, 0.05) is 17.4 Å². The molecule has 2 rings (SSSR count). The summed E-state index contributed by atoms with van der Waals surface area (Å²) in [6.07, 6.45) is 1.96. The Morgan fingerprint density at radius 2 is 2.35 bits per heavy atom. The number of hydrogen-bond acceptors (Lipinski definition) is 2. The average Bonchev–Trinajstić information content (AvgIpc) is 2.33. The Hall–Kier alpha value is -0.610. The molecule has 0 saturated carbocycles. The van der Waals surface area contributed by atoms with Crippen molar-refractivity contribution in [2.75, 3.05) is 20.2 Å². The van der Waals surface area contributed by atoms with Gasteiger partial charge in [-0.1, -0.05) is 15.9 Å². The summed E-state index contributed by atoms with van der Waals surface area (Å²) >= 11 is 3.47. The van der Waals surface area contributed by atoms with Gasteiger partial charge in [0.05, 0.1) is 7.11 Å². The first kappa shape index (κ1) is 12.8. The summed E-state index contributed by atoms with van der Waals surface area (Å²) in [6, 6.07) is 5.69. The van der Waals surface area contributed by atoms with Crippen molar-refractivity contribution < 1.29 is 9.13 Å². The van der Waals surface area contributed by atoms with Crippen molar-refractivity contribution in [1.82, 2.24) is 5.32 Å². The van der Waals surface area contributed by atoms with E-state index in [1.54, 1.807) is 7.11 Å². The second-order valence-corrected chi connectivity index (χ2v) is 5.42. The van der Waals surface area contributed by atoms with E-state index in [0.717, 1.165) is 28.8 Å². The van der Waals surface area contributed by atoms with Gasteiger partial charge in [-0.3, -0.25) is 0 Å². The first-order chi connectivity index (χ1) is 8.13. The van der Waals surface area contributed by atoms with Crippen LogP contribution in [0.2, 0.25) is 0 Å². The monoisotopic (exact) mass is 301 g/mol. The number of piperidine rings is 1. The standard InChI is InChI=1S/C13H17BrFNO/c1-17-11-3-4-12(14)10(7-11)8-13(15)5-2-6-16-9-13/h3-4,7,16H,2,5-6,8-9H2,1H3. The van der Waals surface area contributed by atoms with Crippen LogP contribution in [0.5, 0.6) is 5.75 Å². The Morgan fingerprint density at radius 3 is 3.00 bits per heavy atom. The summed E-state index contributed by atoms with van der Waals surface area (Å²) in [5.41, 5.74) is -0.164. The molecule has 0 amide bonds. The molecule has 1 aromatic rings. The van der Waals surface area contributed by atoms with Crippen LogP contribution in [0, 0.1) is 0 Å². The van der Waals surface area contributed by atoms with Crippen molar-refractivity contribution in [1.29, 1.82) is 0 Å². The number of benzene rings is 1. The highest BCUT2D eigenvalue weighted by molar-refractivity contribution is 9.10. The number of alkyl halides is 1. The fourth-order valence-electron chi connectivity index (χ4n) is 2.24. The van der Waals surface area contributed by atoms with E-state index in [1.807, 2.05) is 18.2 Å². The van der Waals surface area contributed by atoms with Gasteiger partial charge in [0.2, 0.25) is 0 Å². The predicted molar refractivity (Wildman–Crippen MR) is 70.3 cm³/mol. The lowest BCUT2D eigenvalue weighted by molar-refractivity contribution is 0.122. The molecular formula is C13H17BrFNO. The summed E-state index contributed by atoms with van der Waals surface area (Å²) in [6.45, 7) is 1.36. The molecule has 17 heavy (non-hydrogen) atoms. The third-order valence-corrected chi connectivity index (χ3v) is 3.95. The number of rotatable bonds is 3. The first-order valence-corrected chi connectivity index (χ1v) is 6.64. The molecule has 1 unspecified atom stereocenters. The number of ether oxygens (including phenoxy) is 1. The van der Waals surface area contributed by atoms with E-state index in [2.05, 4.69) is 21.2 Å². The molecule has 2 nitrogen and oxygen atoms in total. The zero-order valence-corrected chi connectivity index (χ0v) is 11.5. The van der Waals surface area contributed by atoms with Crippen molar-refractivity contribution in [2.45, 2.75) is 24.9 Å². The van der Waals surface area contributed by atoms with Gasteiger partial charge < -0.3 is 10.1 Å². The number of halogens is 2. The van der Waals surface area contributed by atoms with Crippen LogP contribution in [-0.2, 0) is 6.42 Å². The summed E-state index contributed by atoms with van der Waals surface area (Å²) in [5.74, 6) is 0.774. The molecule has 1 heterocycles. The van der Waals surface area contributed by atoms with Gasteiger partial charge in [-0.05, 0) is 43.1 Å². The minimum atomic E-state index is -1.13. The van der Waals surface area contributed by atoms with Gasteiger partial charge in [0.25, 0.3) is 0 Å². The van der Waals surface area contributed by atoms with Crippen LogP contribution in [-0.4, -0.2) is 25.9 Å². The van der Waals surface area contributed by atoms with Crippen LogP contribution in [0.1, 0.15) is 18.4 Å². The zero-order valence-electron chi connectivity index (χ0n) is 9.93. The highest BCUT2D eigenvalue weighted by Crippen LogP contribution is 2.31. The van der Waals surface area contributed by atoms with Crippen LogP contribution >= 0.6 is 15.9 Å². The second kappa shape index (κ2) is 5.36. The summed E-state index contributed by atoms with van der Waals surface area (Å²) in [5, 5.41) is 3.12. The number of methoxy groups -OCH3 is 1. The van der Waals surface area contributed by atoms with Crippen molar-refractivity contribution in [3.8, 4) is 5.75 Å². The minimum absolute atomic E-state index is 0.428. The van der Waals surface area contributed by atoms with Crippen LogP contribution in [0.4, 0.5) is 4.39 Å². The van der Waals surface area contributed by atoms with Crippen molar-refractivity contribution in [3.05, 3.63) is 28.2 Å². The lowest BCUT2D eigenvalue weighted by atomic mass is 9.89. The van der Waals surface area contributed by atoms with Crippen LogP contribution in [0.25, 0.3) is 0 Å². The molecule has 4 heteroatoms. The first-order valence-electron chi connectivity index (χ1n) is 5.85. The lowest BCUT2D eigenvalue weighted by Gasteiger charge is -2.30. The number of hydrogen-bond donors (Lipinski definition) is 1. The smallest absolute Gasteiger partial charge is 0.127 e. The van der Waals surface area contributed by atoms with Gasteiger partial charge in [-0.15, -0.1) is 0 Å². The molecule has 0 spiro atoms. The maximum atomic E-state index is 14.5. The van der Waals surface area contributed by atoms with Crippen molar-refractivity contribution >= 4 is 15.9 Å². The Bertz CT molecular complexity index is 391. The van der Waals surface area contributed by atoms with Gasteiger partial charge in [0.15, 0.2) is 0 Å². The molecule has 1 fully saturated rings. The summed E-state index contributed by atoms with van der Waals surface area (Å²) in [7, 11) is 1.63. The van der Waals surface area contributed by atoms with Crippen molar-refractivity contribution in [2.24, 2.45) is 0 Å². The predicted octanol–water partition coefficient (Wildman–Crippen LogP) is 3.09. The van der Waals surface area contributed by atoms with Gasteiger partial charge >= 0.3 is 0 Å². The van der Waals surface area contributed by atoms with Crippen LogP contribution < -0.4 is 10.1 Å². The molecule has 0 radical (unpaired) electrons. The van der Waals surface area contributed by atoms with E-state index in [1.165, 1.54) is 0 Å². The molecule has 94 valence electrons. The van der Waals surface area contributed by atoms with Gasteiger partial charge in [0.1, 0.15) is 11.4 Å². The molecular weight excluding hydrogens is 285 g/mol. The van der Waals surface area contributed by atoms with Gasteiger partial charge in [-0.2, -0.15) is 0 Å². The Labute approximate surface area is 110 Å². The fraction of sp³-hybridized carbons (Fsp3) is 0.538. The third-order valence-electron chi connectivity index (χ3n) is 3.18. The summed E-state index contributed by atoms with van der Waals surface area (Å²) in [4.78, 5) is 0. The van der Waals surface area contributed by atoms with E-state index in [-0.39, 0.29) is 0 Å². The Kier molecular flexibility index (Phi) is 4.05. The Morgan fingerprint density at radius 1 is 1.53 bits per heavy atom. The Balaban J connectivity index is 2.16. The third kappa shape index (κ3) is 3.19. The normalized spacial score (nSPS) is 24.6. The molecule has 1 atom stereocenters. The highest BCUT2D eigenvalue weighted by Gasteiger charge is 2.32. The fourth-order valence-corrected chi connectivity index (χ4v) is 2.62. The molecule has 0 aliphatic carbocycles. The SMILES string of the molecule is COc1ccc(Br)c(CC2(F)CCCNC2)c1. The summed E-state index contributed by atoms with van der Waals surface area (Å²) < 4.78 is 20.7. The second-order valence-electron chi connectivity index (χ2n) is 4.57. The maximum Gasteiger partial charge on any atom is 0.127 e. The zero-order chi connectivity index (χ0) is 12.3. The molecule has 1 aliphatic rings. The maximum absolute atomic E-state index is 14.5. The molecule has 1 saturated heterocycles. The van der Waals surface area contributed by atoms with Crippen LogP contribution in [0.15, 0.2) is 22.7 Å². The minimum Gasteiger partial charge on any atom is -0.497 e. The van der Waals surface area contributed by atoms with E-state index in [4.69, 9.17) is 4.74 Å². The van der Waals surface area contributed by atoms with E-state index >= 15 is 0 Å². The van der Waals surface area contributed by atoms with E-state index < -0.39 is 5.67 Å². The molecule has 1 aromatic carbocycles. The lowest BCUT2D eigenvalue weighted by Crippen LogP contribution is -2.43. The quantitative estimate of drug-likeness (QED) is 0.926. The average molecular weight is 302 g/mol. The van der Waals surface area contributed by atoms with E-state index in [0.29, 0.717) is 19.4 Å². The molecule has 0 aromatic heterocycles. The largest absolute Gasteiger partial charge is 0.497 e. The van der Waals surface area contributed by atoms with Gasteiger partial charge in [-0.25, -0.2) is 4.39 Å².